The molecule has 1 saturated heterocycles. The average molecular weight is 226 g/mol. The van der Waals surface area contributed by atoms with Crippen LogP contribution in [-0.2, 0) is 13.6 Å². The van der Waals surface area contributed by atoms with Crippen LogP contribution in [0.5, 0.6) is 0 Å². The molecule has 1 N–H and O–H groups in total. The van der Waals surface area contributed by atoms with Crippen LogP contribution < -0.4 is 5.32 Å². The molecule has 0 unspecified atom stereocenters. The third kappa shape index (κ3) is 2.15. The fourth-order valence-corrected chi connectivity index (χ4v) is 1.70. The van der Waals surface area contributed by atoms with Gasteiger partial charge in [0.25, 0.3) is 0 Å². The summed E-state index contributed by atoms with van der Waals surface area (Å²) in [6, 6.07) is 1.70. The van der Waals surface area contributed by atoms with Crippen molar-refractivity contribution in [2.45, 2.75) is 19.6 Å². The average Bonchev–Trinajstić information content (AvgIpc) is 2.49. The Hall–Kier alpha value is -1.59. The molecular weight excluding hydrogens is 211 g/mol. The molecule has 1 fully saturated rings. The third-order valence-corrected chi connectivity index (χ3v) is 2.64. The Morgan fingerprint density at radius 2 is 2.38 bits per heavy atom. The van der Waals surface area contributed by atoms with E-state index in [2.05, 4.69) is 10.4 Å². The first-order valence-electron chi connectivity index (χ1n) is 5.22. The lowest BCUT2D eigenvalue weighted by Crippen LogP contribution is -2.54. The minimum absolute atomic E-state index is 0.205. The number of carbonyl (C=O) groups excluding carboxylic acids is 1. The molecule has 0 bridgehead atoms. The summed E-state index contributed by atoms with van der Waals surface area (Å²) in [4.78, 5) is 12.9. The molecule has 0 aliphatic carbocycles. The summed E-state index contributed by atoms with van der Waals surface area (Å²) in [5.41, 5.74) is 1.85. The summed E-state index contributed by atoms with van der Waals surface area (Å²) in [5.74, 6) is 0. The van der Waals surface area contributed by atoms with Crippen LogP contribution in [0.2, 0.25) is 0 Å². The molecule has 2 rings (SSSR count). The maximum Gasteiger partial charge on any atom is 0.317 e. The minimum atomic E-state index is -0.857. The van der Waals surface area contributed by atoms with Crippen molar-refractivity contribution in [2.24, 2.45) is 7.05 Å². The number of nitrogens with zero attached hydrogens (tertiary/aromatic N) is 3. The van der Waals surface area contributed by atoms with E-state index >= 15 is 0 Å². The fraction of sp³-hybridized carbons (Fsp3) is 0.600. The molecule has 88 valence electrons. The molecule has 16 heavy (non-hydrogen) atoms. The Balaban J connectivity index is 1.83. The van der Waals surface area contributed by atoms with E-state index in [1.54, 1.807) is 4.68 Å². The summed E-state index contributed by atoms with van der Waals surface area (Å²) in [6.07, 6.45) is -0.857. The lowest BCUT2D eigenvalue weighted by molar-refractivity contribution is 0.0896. The van der Waals surface area contributed by atoms with Gasteiger partial charge in [0.05, 0.1) is 31.0 Å². The first-order valence-corrected chi connectivity index (χ1v) is 5.22. The smallest absolute Gasteiger partial charge is 0.317 e. The quantitative estimate of drug-likeness (QED) is 0.802. The normalized spacial score (nSPS) is 16.1. The molecule has 0 spiro atoms. The molecule has 2 heterocycles. The molecule has 1 aromatic heterocycles. The Labute approximate surface area is 93.2 Å². The van der Waals surface area contributed by atoms with E-state index in [4.69, 9.17) is 0 Å². The van der Waals surface area contributed by atoms with Crippen molar-refractivity contribution in [3.05, 3.63) is 17.5 Å². The van der Waals surface area contributed by atoms with Gasteiger partial charge in [0.1, 0.15) is 6.17 Å². The Bertz CT molecular complexity index is 398. The van der Waals surface area contributed by atoms with E-state index in [1.165, 1.54) is 4.90 Å². The van der Waals surface area contributed by atoms with E-state index in [0.29, 0.717) is 6.54 Å². The maximum absolute atomic E-state index is 12.5. The van der Waals surface area contributed by atoms with Crippen molar-refractivity contribution in [3.63, 3.8) is 0 Å². The first-order chi connectivity index (χ1) is 7.56. The molecule has 2 amide bonds. The number of alkyl halides is 1. The summed E-state index contributed by atoms with van der Waals surface area (Å²) >= 11 is 0. The van der Waals surface area contributed by atoms with E-state index in [1.807, 2.05) is 20.0 Å². The summed E-state index contributed by atoms with van der Waals surface area (Å²) in [7, 11) is 1.83. The van der Waals surface area contributed by atoms with Crippen molar-refractivity contribution in [1.82, 2.24) is 20.0 Å². The van der Waals surface area contributed by atoms with Crippen LogP contribution >= 0.6 is 0 Å². The number of rotatable bonds is 2. The molecule has 1 aromatic rings. The highest BCUT2D eigenvalue weighted by molar-refractivity contribution is 5.75. The Kier molecular flexibility index (Phi) is 2.80. The number of hydrogen-bond acceptors (Lipinski definition) is 2. The molecule has 0 aromatic carbocycles. The lowest BCUT2D eigenvalue weighted by Gasteiger charge is -2.34. The number of halogens is 1. The van der Waals surface area contributed by atoms with Gasteiger partial charge in [0.15, 0.2) is 0 Å². The highest BCUT2D eigenvalue weighted by Crippen LogP contribution is 2.11. The molecule has 5 nitrogen and oxygen atoms in total. The van der Waals surface area contributed by atoms with Crippen molar-refractivity contribution in [3.8, 4) is 0 Å². The number of likely N-dealkylation sites (tertiary alicyclic amines) is 1. The monoisotopic (exact) mass is 226 g/mol. The number of urea groups is 1. The van der Waals surface area contributed by atoms with Crippen molar-refractivity contribution >= 4 is 6.03 Å². The number of hydrogen-bond donors (Lipinski definition) is 1. The highest BCUT2D eigenvalue weighted by atomic mass is 19.1. The van der Waals surface area contributed by atoms with Gasteiger partial charge in [-0.15, -0.1) is 0 Å². The second kappa shape index (κ2) is 4.11. The zero-order valence-electron chi connectivity index (χ0n) is 9.40. The minimum Gasteiger partial charge on any atom is -0.332 e. The number of amides is 2. The van der Waals surface area contributed by atoms with E-state index < -0.39 is 6.17 Å². The maximum atomic E-state index is 12.5. The summed E-state index contributed by atoms with van der Waals surface area (Å²) in [5, 5.41) is 6.91. The van der Waals surface area contributed by atoms with Crippen LogP contribution in [0.1, 0.15) is 11.4 Å². The largest absolute Gasteiger partial charge is 0.332 e. The number of aromatic nitrogens is 2. The Morgan fingerprint density at radius 1 is 1.69 bits per heavy atom. The van der Waals surface area contributed by atoms with Gasteiger partial charge in [-0.2, -0.15) is 5.10 Å². The van der Waals surface area contributed by atoms with Gasteiger partial charge >= 0.3 is 6.03 Å². The van der Waals surface area contributed by atoms with Gasteiger partial charge < -0.3 is 10.2 Å². The fourth-order valence-electron chi connectivity index (χ4n) is 1.70. The number of aryl methyl sites for hydroxylation is 2. The van der Waals surface area contributed by atoms with Crippen molar-refractivity contribution in [1.29, 1.82) is 0 Å². The zero-order valence-corrected chi connectivity index (χ0v) is 9.40. The third-order valence-electron chi connectivity index (χ3n) is 2.64. The van der Waals surface area contributed by atoms with E-state index in [-0.39, 0.29) is 19.1 Å². The molecule has 0 saturated carbocycles. The SMILES string of the molecule is Cc1cc(CNC(=O)N2CC(F)C2)n(C)n1. The van der Waals surface area contributed by atoms with Gasteiger partial charge in [-0.25, -0.2) is 9.18 Å². The molecular formula is C10H15FN4O. The van der Waals surface area contributed by atoms with Gasteiger partial charge in [0, 0.05) is 7.05 Å². The van der Waals surface area contributed by atoms with Crippen molar-refractivity contribution in [2.75, 3.05) is 13.1 Å². The zero-order chi connectivity index (χ0) is 11.7. The van der Waals surface area contributed by atoms with E-state index in [0.717, 1.165) is 11.4 Å². The second-order valence-electron chi connectivity index (χ2n) is 4.06. The Morgan fingerprint density at radius 3 is 2.88 bits per heavy atom. The highest BCUT2D eigenvalue weighted by Gasteiger charge is 2.30. The van der Waals surface area contributed by atoms with Gasteiger partial charge in [0.2, 0.25) is 0 Å². The van der Waals surface area contributed by atoms with E-state index in [9.17, 15) is 9.18 Å². The second-order valence-corrected chi connectivity index (χ2v) is 4.06. The summed E-state index contributed by atoms with van der Waals surface area (Å²) in [6.45, 7) is 2.73. The number of carbonyl (C=O) groups is 1. The molecule has 1 aliphatic heterocycles. The van der Waals surface area contributed by atoms with Gasteiger partial charge in [-0.1, -0.05) is 0 Å². The van der Waals surface area contributed by atoms with Gasteiger partial charge in [-0.3, -0.25) is 4.68 Å². The van der Waals surface area contributed by atoms with Crippen LogP contribution in [0.25, 0.3) is 0 Å². The van der Waals surface area contributed by atoms with Crippen LogP contribution in [-0.4, -0.2) is 40.0 Å². The lowest BCUT2D eigenvalue weighted by atomic mass is 10.2. The standard InChI is InChI=1S/C10H15FN4O/c1-7-3-9(14(2)13-7)4-12-10(16)15-5-8(11)6-15/h3,8H,4-6H2,1-2H3,(H,12,16). The molecule has 6 heteroatoms. The predicted molar refractivity (Wildman–Crippen MR) is 56.6 cm³/mol. The van der Waals surface area contributed by atoms with Crippen molar-refractivity contribution < 1.29 is 9.18 Å². The topological polar surface area (TPSA) is 50.2 Å². The molecule has 0 radical (unpaired) electrons. The predicted octanol–water partition coefficient (Wildman–Crippen LogP) is 0.592. The van der Waals surface area contributed by atoms with Crippen LogP contribution in [0, 0.1) is 6.92 Å². The van der Waals surface area contributed by atoms with Crippen LogP contribution in [0.3, 0.4) is 0 Å². The van der Waals surface area contributed by atoms with Crippen LogP contribution in [0.4, 0.5) is 9.18 Å². The molecule has 1 aliphatic rings. The molecule has 0 atom stereocenters. The summed E-state index contributed by atoms with van der Waals surface area (Å²) < 4.78 is 14.2. The van der Waals surface area contributed by atoms with Gasteiger partial charge in [-0.05, 0) is 13.0 Å². The first kappa shape index (κ1) is 10.9. The van der Waals surface area contributed by atoms with Crippen LogP contribution in [0.15, 0.2) is 6.07 Å². The number of nitrogens with one attached hydrogen (secondary N) is 1.